The van der Waals surface area contributed by atoms with E-state index in [1.54, 1.807) is 4.90 Å². The summed E-state index contributed by atoms with van der Waals surface area (Å²) in [7, 11) is 0. The van der Waals surface area contributed by atoms with E-state index in [-0.39, 0.29) is 12.7 Å². The number of likely N-dealkylation sites (tertiary alicyclic amines) is 1. The first kappa shape index (κ1) is 15.3. The van der Waals surface area contributed by atoms with Crippen LogP contribution in [0.1, 0.15) is 18.9 Å². The van der Waals surface area contributed by atoms with E-state index in [0.717, 1.165) is 5.56 Å². The second-order valence-corrected chi connectivity index (χ2v) is 6.07. The molecule has 20 heavy (non-hydrogen) atoms. The zero-order valence-corrected chi connectivity index (χ0v) is 13.1. The van der Waals surface area contributed by atoms with Crippen LogP contribution in [0.3, 0.4) is 0 Å². The van der Waals surface area contributed by atoms with Crippen LogP contribution in [0.25, 0.3) is 0 Å². The zero-order chi connectivity index (χ0) is 14.6. The largest absolute Gasteiger partial charge is 0.445 e. The van der Waals surface area contributed by atoms with Crippen LogP contribution in [-0.4, -0.2) is 35.6 Å². The fourth-order valence-electron chi connectivity index (χ4n) is 2.32. The second-order valence-electron chi connectivity index (χ2n) is 5.51. The number of hydrogen-bond acceptors (Lipinski definition) is 2. The standard InChI is InChI=1S/C15H19BrFNO2/c1-15(10-16)11-18(8-7-13(15)17)14(19)20-9-12-5-3-2-4-6-12/h2-6,13H,7-11H2,1H3. The normalized spacial score (nSPS) is 26.4. The Labute approximate surface area is 127 Å². The van der Waals surface area contributed by atoms with E-state index < -0.39 is 11.6 Å². The summed E-state index contributed by atoms with van der Waals surface area (Å²) in [6, 6.07) is 9.53. The van der Waals surface area contributed by atoms with Crippen molar-refractivity contribution < 1.29 is 13.9 Å². The number of benzene rings is 1. The number of carbonyl (C=O) groups is 1. The Morgan fingerprint density at radius 1 is 1.50 bits per heavy atom. The summed E-state index contributed by atoms with van der Waals surface area (Å²) in [5, 5.41) is 0.531. The maximum atomic E-state index is 13.9. The molecule has 110 valence electrons. The molecule has 1 aromatic carbocycles. The lowest BCUT2D eigenvalue weighted by atomic mass is 9.82. The molecule has 0 N–H and O–H groups in total. The summed E-state index contributed by atoms with van der Waals surface area (Å²) >= 11 is 3.34. The van der Waals surface area contributed by atoms with Crippen LogP contribution in [0, 0.1) is 5.41 Å². The maximum absolute atomic E-state index is 13.9. The van der Waals surface area contributed by atoms with Gasteiger partial charge >= 0.3 is 6.09 Å². The highest BCUT2D eigenvalue weighted by Crippen LogP contribution is 2.34. The molecule has 0 spiro atoms. The molecule has 1 amide bonds. The average Bonchev–Trinajstić information content (AvgIpc) is 2.48. The van der Waals surface area contributed by atoms with Gasteiger partial charge in [-0.15, -0.1) is 0 Å². The van der Waals surface area contributed by atoms with Crippen LogP contribution in [0.2, 0.25) is 0 Å². The first-order valence-corrected chi connectivity index (χ1v) is 7.83. The number of nitrogens with zero attached hydrogens (tertiary/aromatic N) is 1. The molecule has 0 saturated carbocycles. The van der Waals surface area contributed by atoms with Crippen molar-refractivity contribution in [1.29, 1.82) is 0 Å². The maximum Gasteiger partial charge on any atom is 0.410 e. The highest BCUT2D eigenvalue weighted by molar-refractivity contribution is 9.09. The fourth-order valence-corrected chi connectivity index (χ4v) is 2.85. The van der Waals surface area contributed by atoms with Gasteiger partial charge in [-0.05, 0) is 12.0 Å². The molecular weight excluding hydrogens is 325 g/mol. The van der Waals surface area contributed by atoms with Crippen LogP contribution in [0.5, 0.6) is 0 Å². The Bertz CT molecular complexity index is 456. The van der Waals surface area contributed by atoms with Gasteiger partial charge in [0.1, 0.15) is 12.8 Å². The third kappa shape index (κ3) is 3.51. The first-order valence-electron chi connectivity index (χ1n) is 6.71. The number of halogens is 2. The molecule has 1 heterocycles. The first-order chi connectivity index (χ1) is 9.55. The van der Waals surface area contributed by atoms with Gasteiger partial charge in [-0.25, -0.2) is 9.18 Å². The summed E-state index contributed by atoms with van der Waals surface area (Å²) < 4.78 is 19.2. The third-order valence-electron chi connectivity index (χ3n) is 3.73. The molecule has 1 aliphatic heterocycles. The molecule has 1 saturated heterocycles. The zero-order valence-electron chi connectivity index (χ0n) is 11.5. The van der Waals surface area contributed by atoms with E-state index in [1.165, 1.54) is 0 Å². The Morgan fingerprint density at radius 3 is 2.85 bits per heavy atom. The SMILES string of the molecule is CC1(CBr)CN(C(=O)OCc2ccccc2)CCC1F. The monoisotopic (exact) mass is 343 g/mol. The fraction of sp³-hybridized carbons (Fsp3) is 0.533. The van der Waals surface area contributed by atoms with Gasteiger partial charge in [0.25, 0.3) is 0 Å². The average molecular weight is 344 g/mol. The van der Waals surface area contributed by atoms with Crippen LogP contribution in [0.15, 0.2) is 30.3 Å². The quantitative estimate of drug-likeness (QED) is 0.782. The smallest absolute Gasteiger partial charge is 0.410 e. The van der Waals surface area contributed by atoms with Gasteiger partial charge in [0.05, 0.1) is 0 Å². The predicted octanol–water partition coefficient (Wildman–Crippen LogP) is 3.77. The van der Waals surface area contributed by atoms with Crippen molar-refractivity contribution in [2.45, 2.75) is 26.1 Å². The molecule has 0 aromatic heterocycles. The minimum atomic E-state index is -0.889. The van der Waals surface area contributed by atoms with Crippen molar-refractivity contribution in [2.24, 2.45) is 5.41 Å². The van der Waals surface area contributed by atoms with Gasteiger partial charge in [-0.3, -0.25) is 0 Å². The molecule has 2 unspecified atom stereocenters. The highest BCUT2D eigenvalue weighted by Gasteiger charge is 2.41. The summed E-state index contributed by atoms with van der Waals surface area (Å²) in [6.45, 7) is 2.90. The number of ether oxygens (including phenoxy) is 1. The van der Waals surface area contributed by atoms with E-state index in [9.17, 15) is 9.18 Å². The minimum absolute atomic E-state index is 0.250. The lowest BCUT2D eigenvalue weighted by Crippen LogP contribution is -2.51. The summed E-state index contributed by atoms with van der Waals surface area (Å²) in [6.07, 6.45) is -0.893. The predicted molar refractivity (Wildman–Crippen MR) is 79.6 cm³/mol. The topological polar surface area (TPSA) is 29.5 Å². The molecule has 0 aliphatic carbocycles. The van der Waals surface area contributed by atoms with Crippen molar-refractivity contribution in [3.05, 3.63) is 35.9 Å². The summed E-state index contributed by atoms with van der Waals surface area (Å²) in [5.41, 5.74) is 0.411. The molecule has 0 radical (unpaired) electrons. The van der Waals surface area contributed by atoms with Gasteiger partial charge in [-0.1, -0.05) is 53.2 Å². The summed E-state index contributed by atoms with van der Waals surface area (Å²) in [4.78, 5) is 13.6. The van der Waals surface area contributed by atoms with Crippen LogP contribution in [-0.2, 0) is 11.3 Å². The molecule has 1 aliphatic rings. The van der Waals surface area contributed by atoms with Gasteiger partial charge in [0.15, 0.2) is 0 Å². The number of piperidine rings is 1. The van der Waals surface area contributed by atoms with Crippen molar-refractivity contribution in [3.8, 4) is 0 Å². The second kappa shape index (κ2) is 6.57. The van der Waals surface area contributed by atoms with E-state index in [0.29, 0.717) is 24.8 Å². The Balaban J connectivity index is 1.90. The van der Waals surface area contributed by atoms with Crippen molar-refractivity contribution in [2.75, 3.05) is 18.4 Å². The number of rotatable bonds is 3. The van der Waals surface area contributed by atoms with E-state index in [4.69, 9.17) is 4.74 Å². The van der Waals surface area contributed by atoms with Gasteiger partial charge < -0.3 is 9.64 Å². The lowest BCUT2D eigenvalue weighted by Gasteiger charge is -2.41. The van der Waals surface area contributed by atoms with Crippen molar-refractivity contribution in [1.82, 2.24) is 4.90 Å². The summed E-state index contributed by atoms with van der Waals surface area (Å²) in [5.74, 6) is 0. The molecule has 0 bridgehead atoms. The molecule has 5 heteroatoms. The van der Waals surface area contributed by atoms with Crippen LogP contribution >= 0.6 is 15.9 Å². The number of hydrogen-bond donors (Lipinski definition) is 0. The van der Waals surface area contributed by atoms with E-state index in [2.05, 4.69) is 15.9 Å². The van der Waals surface area contributed by atoms with Crippen molar-refractivity contribution >= 4 is 22.0 Å². The number of carbonyl (C=O) groups excluding carboxylic acids is 1. The highest BCUT2D eigenvalue weighted by atomic mass is 79.9. The van der Waals surface area contributed by atoms with Crippen LogP contribution < -0.4 is 0 Å². The lowest BCUT2D eigenvalue weighted by molar-refractivity contribution is 0.0216. The Kier molecular flexibility index (Phi) is 5.02. The Morgan fingerprint density at radius 2 is 2.20 bits per heavy atom. The minimum Gasteiger partial charge on any atom is -0.445 e. The van der Waals surface area contributed by atoms with Crippen molar-refractivity contribution in [3.63, 3.8) is 0 Å². The molecule has 3 nitrogen and oxygen atoms in total. The Hall–Kier alpha value is -1.10. The van der Waals surface area contributed by atoms with E-state index in [1.807, 2.05) is 37.3 Å². The molecule has 2 atom stereocenters. The van der Waals surface area contributed by atoms with Crippen LogP contribution in [0.4, 0.5) is 9.18 Å². The van der Waals surface area contributed by atoms with Gasteiger partial charge in [-0.2, -0.15) is 0 Å². The van der Waals surface area contributed by atoms with Gasteiger partial charge in [0.2, 0.25) is 0 Å². The van der Waals surface area contributed by atoms with Gasteiger partial charge in [0, 0.05) is 23.8 Å². The molecular formula is C15H19BrFNO2. The van der Waals surface area contributed by atoms with E-state index >= 15 is 0 Å². The third-order valence-corrected chi connectivity index (χ3v) is 5.01. The molecule has 1 fully saturated rings. The molecule has 1 aromatic rings. The number of alkyl halides is 2. The molecule has 2 rings (SSSR count). The number of amides is 1.